The van der Waals surface area contributed by atoms with Crippen molar-refractivity contribution in [2.45, 2.75) is 0 Å². The lowest BCUT2D eigenvalue weighted by Gasteiger charge is -2.04. The van der Waals surface area contributed by atoms with Crippen LogP contribution in [0.3, 0.4) is 0 Å². The highest BCUT2D eigenvalue weighted by Gasteiger charge is 2.08. The molecule has 0 bridgehead atoms. The number of hydrogen-bond acceptors (Lipinski definition) is 2. The third kappa shape index (κ3) is 1.38. The number of anilines is 1. The summed E-state index contributed by atoms with van der Waals surface area (Å²) in [5.41, 5.74) is 5.25. The maximum absolute atomic E-state index is 12.8. The SMILES string of the molecule is COc1ccc(Cl)c(F)c1N. The summed E-state index contributed by atoms with van der Waals surface area (Å²) >= 11 is 5.43. The average molecular weight is 176 g/mol. The van der Waals surface area contributed by atoms with E-state index in [4.69, 9.17) is 22.1 Å². The Morgan fingerprint density at radius 2 is 2.18 bits per heavy atom. The van der Waals surface area contributed by atoms with E-state index in [2.05, 4.69) is 0 Å². The van der Waals surface area contributed by atoms with Crippen molar-refractivity contribution >= 4 is 17.3 Å². The van der Waals surface area contributed by atoms with E-state index in [-0.39, 0.29) is 10.7 Å². The fourth-order valence-electron chi connectivity index (χ4n) is 0.727. The highest BCUT2D eigenvalue weighted by Crippen LogP contribution is 2.28. The molecule has 0 atom stereocenters. The second-order valence-corrected chi connectivity index (χ2v) is 2.38. The minimum absolute atomic E-state index is 0.00306. The van der Waals surface area contributed by atoms with Crippen LogP contribution in [0, 0.1) is 5.82 Å². The van der Waals surface area contributed by atoms with E-state index in [0.717, 1.165) is 0 Å². The number of methoxy groups -OCH3 is 1. The monoisotopic (exact) mass is 175 g/mol. The van der Waals surface area contributed by atoms with Crippen LogP contribution in [0.15, 0.2) is 12.1 Å². The molecule has 0 saturated carbocycles. The van der Waals surface area contributed by atoms with Gasteiger partial charge in [0, 0.05) is 0 Å². The van der Waals surface area contributed by atoms with Gasteiger partial charge in [0.05, 0.1) is 12.1 Å². The van der Waals surface area contributed by atoms with Gasteiger partial charge < -0.3 is 10.5 Å². The Hall–Kier alpha value is -0.960. The zero-order valence-electron chi connectivity index (χ0n) is 5.90. The molecule has 60 valence electrons. The summed E-state index contributed by atoms with van der Waals surface area (Å²) in [4.78, 5) is 0. The first-order chi connectivity index (χ1) is 5.16. The van der Waals surface area contributed by atoms with Crippen molar-refractivity contribution in [1.82, 2.24) is 0 Å². The van der Waals surface area contributed by atoms with Crippen LogP contribution in [-0.4, -0.2) is 7.11 Å². The van der Waals surface area contributed by atoms with Crippen molar-refractivity contribution < 1.29 is 9.13 Å². The number of benzene rings is 1. The average Bonchev–Trinajstić information content (AvgIpc) is 2.01. The number of nitrogen functional groups attached to an aromatic ring is 1. The van der Waals surface area contributed by atoms with Gasteiger partial charge in [0.15, 0.2) is 5.82 Å². The molecule has 4 heteroatoms. The van der Waals surface area contributed by atoms with Crippen molar-refractivity contribution in [2.24, 2.45) is 0 Å². The Morgan fingerprint density at radius 1 is 1.55 bits per heavy atom. The third-order valence-electron chi connectivity index (χ3n) is 1.31. The summed E-state index contributed by atoms with van der Waals surface area (Å²) in [5.74, 6) is -0.335. The lowest BCUT2D eigenvalue weighted by atomic mass is 10.3. The lowest BCUT2D eigenvalue weighted by molar-refractivity contribution is 0.414. The van der Waals surface area contributed by atoms with Crippen LogP contribution >= 0.6 is 11.6 Å². The molecule has 2 nitrogen and oxygen atoms in total. The standard InChI is InChI=1S/C7H7ClFNO/c1-11-5-3-2-4(8)6(9)7(5)10/h2-3H,10H2,1H3. The van der Waals surface area contributed by atoms with Gasteiger partial charge in [0.1, 0.15) is 11.4 Å². The van der Waals surface area contributed by atoms with Crippen LogP contribution in [0.1, 0.15) is 0 Å². The van der Waals surface area contributed by atoms with Crippen LogP contribution < -0.4 is 10.5 Å². The van der Waals surface area contributed by atoms with Gasteiger partial charge in [-0.2, -0.15) is 0 Å². The summed E-state index contributed by atoms with van der Waals surface area (Å²) in [7, 11) is 1.42. The first kappa shape index (κ1) is 8.14. The Morgan fingerprint density at radius 3 is 2.73 bits per heavy atom. The van der Waals surface area contributed by atoms with E-state index < -0.39 is 5.82 Å². The molecule has 1 aromatic carbocycles. The Bertz CT molecular complexity index is 277. The predicted octanol–water partition coefficient (Wildman–Crippen LogP) is 2.07. The second-order valence-electron chi connectivity index (χ2n) is 1.98. The topological polar surface area (TPSA) is 35.2 Å². The molecule has 0 saturated heterocycles. The molecule has 0 unspecified atom stereocenters. The predicted molar refractivity (Wildman–Crippen MR) is 42.4 cm³/mol. The maximum Gasteiger partial charge on any atom is 0.168 e. The van der Waals surface area contributed by atoms with Gasteiger partial charge in [0.2, 0.25) is 0 Å². The van der Waals surface area contributed by atoms with Crippen LogP contribution in [-0.2, 0) is 0 Å². The summed E-state index contributed by atoms with van der Waals surface area (Å²) in [6.45, 7) is 0. The first-order valence-electron chi connectivity index (χ1n) is 2.94. The van der Waals surface area contributed by atoms with Crippen molar-refractivity contribution in [3.8, 4) is 5.75 Å². The van der Waals surface area contributed by atoms with Crippen molar-refractivity contribution in [2.75, 3.05) is 12.8 Å². The Labute approximate surface area is 68.7 Å². The summed E-state index contributed by atoms with van der Waals surface area (Å²) in [6.07, 6.45) is 0. The van der Waals surface area contributed by atoms with Crippen LogP contribution in [0.25, 0.3) is 0 Å². The van der Waals surface area contributed by atoms with Crippen LogP contribution in [0.4, 0.5) is 10.1 Å². The molecule has 0 spiro atoms. The molecule has 2 N–H and O–H groups in total. The summed E-state index contributed by atoms with van der Waals surface area (Å²) in [6, 6.07) is 2.91. The molecule has 0 aliphatic carbocycles. The quantitative estimate of drug-likeness (QED) is 0.664. The Kier molecular flexibility index (Phi) is 2.19. The van der Waals surface area contributed by atoms with E-state index in [9.17, 15) is 4.39 Å². The third-order valence-corrected chi connectivity index (χ3v) is 1.60. The molecular formula is C7H7ClFNO. The zero-order chi connectivity index (χ0) is 8.43. The zero-order valence-corrected chi connectivity index (χ0v) is 6.65. The smallest absolute Gasteiger partial charge is 0.168 e. The molecule has 0 amide bonds. The Balaban J connectivity index is 3.25. The van der Waals surface area contributed by atoms with Crippen molar-refractivity contribution in [3.05, 3.63) is 23.0 Å². The minimum atomic E-state index is -0.633. The van der Waals surface area contributed by atoms with Crippen LogP contribution in [0.5, 0.6) is 5.75 Å². The molecule has 1 aromatic rings. The molecule has 0 heterocycles. The molecule has 0 radical (unpaired) electrons. The van der Waals surface area contributed by atoms with Gasteiger partial charge >= 0.3 is 0 Å². The number of halogens is 2. The minimum Gasteiger partial charge on any atom is -0.494 e. The maximum atomic E-state index is 12.8. The number of hydrogen-bond donors (Lipinski definition) is 1. The summed E-state index contributed by atoms with van der Waals surface area (Å²) in [5, 5.41) is 0.00306. The molecule has 0 fully saturated rings. The number of nitrogens with two attached hydrogens (primary N) is 1. The molecule has 1 rings (SSSR count). The van der Waals surface area contributed by atoms with E-state index in [1.54, 1.807) is 0 Å². The van der Waals surface area contributed by atoms with Crippen molar-refractivity contribution in [1.29, 1.82) is 0 Å². The molecule has 0 aliphatic rings. The van der Waals surface area contributed by atoms with Crippen LogP contribution in [0.2, 0.25) is 5.02 Å². The normalized spacial score (nSPS) is 9.73. The van der Waals surface area contributed by atoms with Gasteiger partial charge in [0.25, 0.3) is 0 Å². The van der Waals surface area contributed by atoms with Gasteiger partial charge in [-0.15, -0.1) is 0 Å². The lowest BCUT2D eigenvalue weighted by Crippen LogP contribution is -1.95. The largest absolute Gasteiger partial charge is 0.494 e. The van der Waals surface area contributed by atoms with Gasteiger partial charge in [-0.25, -0.2) is 4.39 Å². The van der Waals surface area contributed by atoms with Gasteiger partial charge in [-0.05, 0) is 12.1 Å². The second kappa shape index (κ2) is 2.96. The molecule has 0 aromatic heterocycles. The van der Waals surface area contributed by atoms with Gasteiger partial charge in [-0.1, -0.05) is 11.6 Å². The highest BCUT2D eigenvalue weighted by atomic mass is 35.5. The molecule has 11 heavy (non-hydrogen) atoms. The van der Waals surface area contributed by atoms with E-state index in [1.165, 1.54) is 19.2 Å². The van der Waals surface area contributed by atoms with Crippen molar-refractivity contribution in [3.63, 3.8) is 0 Å². The first-order valence-corrected chi connectivity index (χ1v) is 3.32. The fraction of sp³-hybridized carbons (Fsp3) is 0.143. The van der Waals surface area contributed by atoms with E-state index in [0.29, 0.717) is 5.75 Å². The number of ether oxygens (including phenoxy) is 1. The van der Waals surface area contributed by atoms with E-state index in [1.807, 2.05) is 0 Å². The molecule has 0 aliphatic heterocycles. The highest BCUT2D eigenvalue weighted by molar-refractivity contribution is 6.31. The fourth-order valence-corrected chi connectivity index (χ4v) is 0.891. The molecular weight excluding hydrogens is 169 g/mol. The number of rotatable bonds is 1. The van der Waals surface area contributed by atoms with E-state index >= 15 is 0 Å². The van der Waals surface area contributed by atoms with Gasteiger partial charge in [-0.3, -0.25) is 0 Å². The summed E-state index contributed by atoms with van der Waals surface area (Å²) < 4.78 is 17.6.